The van der Waals surface area contributed by atoms with E-state index in [9.17, 15) is 6.48 Å². The Morgan fingerprint density at radius 2 is 1.20 bits per heavy atom. The van der Waals surface area contributed by atoms with E-state index in [0.717, 1.165) is 94.7 Å². The van der Waals surface area contributed by atoms with Crippen LogP contribution in [0.4, 0.5) is 0 Å². The van der Waals surface area contributed by atoms with Crippen LogP contribution in [0.25, 0.3) is 83.9 Å². The zero-order valence-corrected chi connectivity index (χ0v) is 41.6. The third-order valence-electron chi connectivity index (χ3n) is 12.6. The van der Waals surface area contributed by atoms with Crippen molar-refractivity contribution in [2.45, 2.75) is 85.5 Å². The SMILES string of the molecule is [2H]C(C)(C)c1cc(-c2ccccc2)c(-n2c(-c3cc(C(C)C)cc(C(C)C)c3O)nc3c(-c4[c-]c(-c5cc(-c6ccccc6)ccn5)cc(C(C)(C)C)c4)cccc32)cc1-c1ccccc1.[Pt]. The molecule has 0 bridgehead atoms. The summed E-state index contributed by atoms with van der Waals surface area (Å²) in [5.74, 6) is 0.227. The summed E-state index contributed by atoms with van der Waals surface area (Å²) in [6.07, 6.45) is 1.88. The summed E-state index contributed by atoms with van der Waals surface area (Å²) in [6, 6.07) is 58.8. The van der Waals surface area contributed by atoms with Crippen LogP contribution in [0.3, 0.4) is 0 Å². The number of hydrogen-bond acceptors (Lipinski definition) is 3. The largest absolute Gasteiger partial charge is 0.507 e. The molecule has 2 aromatic heterocycles. The standard InChI is InChI=1S/C61H58N3O.Pt/c1-38(2)45-33-51(40(5)6)59(65)54(34-45)60-63-58-49(46-30-47(32-48(31-46)61(7,8)9)55-35-44(28-29-62-55)41-20-13-10-14-21-41)26-19-27-56(58)64(60)57-37-52(42-22-15-11-16-23-42)50(39(3)4)36-53(57)43-24-17-12-18-25-43;/h10-29,31-40,65H,1-9H3;/q-1;/i39D;. The van der Waals surface area contributed by atoms with E-state index in [-0.39, 0.29) is 44.1 Å². The van der Waals surface area contributed by atoms with Crippen LogP contribution in [0.2, 0.25) is 0 Å². The molecule has 0 unspecified atom stereocenters. The Labute approximate surface area is 407 Å². The Balaban J connectivity index is 0.00000608. The van der Waals surface area contributed by atoms with Crippen LogP contribution < -0.4 is 0 Å². The van der Waals surface area contributed by atoms with E-state index in [0.29, 0.717) is 11.4 Å². The molecule has 0 atom stereocenters. The molecule has 9 aromatic rings. The van der Waals surface area contributed by atoms with Gasteiger partial charge in [-0.2, -0.15) is 0 Å². The number of imidazole rings is 1. The first-order chi connectivity index (χ1) is 31.6. The Morgan fingerprint density at radius 3 is 1.80 bits per heavy atom. The molecule has 0 saturated heterocycles. The number of hydrogen-bond donors (Lipinski definition) is 1. The number of aromatic nitrogens is 3. The van der Waals surface area contributed by atoms with E-state index in [4.69, 9.17) is 9.97 Å². The van der Waals surface area contributed by atoms with Gasteiger partial charge in [-0.05, 0) is 98.0 Å². The molecule has 0 aliphatic carbocycles. The molecule has 334 valence electrons. The molecule has 5 heteroatoms. The van der Waals surface area contributed by atoms with E-state index >= 15 is 0 Å². The summed E-state index contributed by atoms with van der Waals surface area (Å²) in [5.41, 5.74) is 17.0. The number of phenols is 1. The summed E-state index contributed by atoms with van der Waals surface area (Å²) < 4.78 is 11.7. The fraction of sp³-hybridized carbons (Fsp3) is 0.213. The van der Waals surface area contributed by atoms with Crippen LogP contribution in [0, 0.1) is 6.07 Å². The van der Waals surface area contributed by atoms with Crippen molar-refractivity contribution in [3.63, 3.8) is 0 Å². The zero-order valence-electron chi connectivity index (χ0n) is 40.3. The van der Waals surface area contributed by atoms with Gasteiger partial charge in [-0.1, -0.05) is 189 Å². The van der Waals surface area contributed by atoms with E-state index < -0.39 is 5.89 Å². The maximum atomic E-state index is 12.5. The van der Waals surface area contributed by atoms with Gasteiger partial charge in [0.05, 0.1) is 22.3 Å². The van der Waals surface area contributed by atoms with Crippen LogP contribution >= 0.6 is 0 Å². The average molecular weight is 1050 g/mol. The minimum atomic E-state index is -0.919. The van der Waals surface area contributed by atoms with Crippen LogP contribution in [-0.4, -0.2) is 19.6 Å². The Kier molecular flexibility index (Phi) is 12.8. The first-order valence-corrected chi connectivity index (χ1v) is 22.8. The summed E-state index contributed by atoms with van der Waals surface area (Å²) in [5, 5.41) is 12.5. The second kappa shape index (κ2) is 18.9. The molecule has 0 radical (unpaired) electrons. The third-order valence-corrected chi connectivity index (χ3v) is 12.6. The molecule has 66 heavy (non-hydrogen) atoms. The van der Waals surface area contributed by atoms with Gasteiger partial charge in [0.1, 0.15) is 11.6 Å². The fourth-order valence-electron chi connectivity index (χ4n) is 8.93. The maximum Gasteiger partial charge on any atom is 0.148 e. The van der Waals surface area contributed by atoms with Crippen LogP contribution in [0.5, 0.6) is 5.75 Å². The number of fused-ring (bicyclic) bond motifs is 1. The van der Waals surface area contributed by atoms with Crippen molar-refractivity contribution in [1.82, 2.24) is 14.5 Å². The van der Waals surface area contributed by atoms with Crippen molar-refractivity contribution in [2.75, 3.05) is 0 Å². The van der Waals surface area contributed by atoms with Crippen molar-refractivity contribution in [3.8, 4) is 78.6 Å². The number of phenolic OH excluding ortho intramolecular Hbond substituents is 1. The molecule has 4 nitrogen and oxygen atoms in total. The van der Waals surface area contributed by atoms with Crippen molar-refractivity contribution in [2.24, 2.45) is 0 Å². The normalized spacial score (nSPS) is 12.1. The number of pyridine rings is 1. The topological polar surface area (TPSA) is 50.9 Å². The maximum absolute atomic E-state index is 12.5. The summed E-state index contributed by atoms with van der Waals surface area (Å²) in [6.45, 7) is 19.3. The van der Waals surface area contributed by atoms with Crippen molar-refractivity contribution >= 4 is 11.0 Å². The fourth-order valence-corrected chi connectivity index (χ4v) is 8.93. The van der Waals surface area contributed by atoms with E-state index in [1.165, 1.54) is 0 Å². The van der Waals surface area contributed by atoms with Crippen molar-refractivity contribution in [1.29, 1.82) is 0 Å². The van der Waals surface area contributed by atoms with Crippen LogP contribution in [0.15, 0.2) is 164 Å². The monoisotopic (exact) mass is 1040 g/mol. The molecular weight excluding hydrogens is 986 g/mol. The molecule has 7 aromatic carbocycles. The zero-order chi connectivity index (χ0) is 46.5. The molecule has 0 aliphatic rings. The molecule has 1 N–H and O–H groups in total. The van der Waals surface area contributed by atoms with E-state index in [1.54, 1.807) is 0 Å². The predicted molar refractivity (Wildman–Crippen MR) is 273 cm³/mol. The van der Waals surface area contributed by atoms with Crippen LogP contribution in [0.1, 0.15) is 104 Å². The first-order valence-electron chi connectivity index (χ1n) is 23.3. The second-order valence-electron chi connectivity index (χ2n) is 19.1. The van der Waals surface area contributed by atoms with Gasteiger partial charge in [0.2, 0.25) is 0 Å². The van der Waals surface area contributed by atoms with Gasteiger partial charge in [-0.3, -0.25) is 9.55 Å². The number of benzene rings is 7. The molecule has 0 spiro atoms. The van der Waals surface area contributed by atoms with E-state index in [1.807, 2.05) is 38.2 Å². The summed E-state index contributed by atoms with van der Waals surface area (Å²) in [4.78, 5) is 10.6. The molecule has 0 saturated carbocycles. The molecule has 0 aliphatic heterocycles. The predicted octanol–water partition coefficient (Wildman–Crippen LogP) is 16.6. The third kappa shape index (κ3) is 8.97. The molecule has 2 heterocycles. The Hall–Kier alpha value is -6.35. The summed E-state index contributed by atoms with van der Waals surface area (Å²) >= 11 is 0. The quantitative estimate of drug-likeness (QED) is 0.139. The molecule has 0 amide bonds. The number of para-hydroxylation sites is 1. The van der Waals surface area contributed by atoms with Crippen molar-refractivity contribution < 1.29 is 27.5 Å². The van der Waals surface area contributed by atoms with Gasteiger partial charge in [-0.15, -0.1) is 29.3 Å². The average Bonchev–Trinajstić information content (AvgIpc) is 3.70. The minimum absolute atomic E-state index is 0. The van der Waals surface area contributed by atoms with Gasteiger partial charge < -0.3 is 5.11 Å². The molecule has 0 fully saturated rings. The van der Waals surface area contributed by atoms with Crippen molar-refractivity contribution in [3.05, 3.63) is 192 Å². The second-order valence-corrected chi connectivity index (χ2v) is 19.1. The first kappa shape index (κ1) is 44.8. The number of nitrogens with zero attached hydrogens (tertiary/aromatic N) is 3. The summed E-state index contributed by atoms with van der Waals surface area (Å²) in [7, 11) is 0. The Morgan fingerprint density at radius 1 is 0.576 bits per heavy atom. The molecular formula is C61H58N3OPt-. The number of aromatic hydroxyl groups is 1. The van der Waals surface area contributed by atoms with Crippen LogP contribution in [-0.2, 0) is 26.5 Å². The van der Waals surface area contributed by atoms with Gasteiger partial charge >= 0.3 is 0 Å². The van der Waals surface area contributed by atoms with Gasteiger partial charge in [0.15, 0.2) is 0 Å². The van der Waals surface area contributed by atoms with Gasteiger partial charge in [-0.25, -0.2) is 4.98 Å². The molecule has 9 rings (SSSR count). The minimum Gasteiger partial charge on any atom is -0.507 e. The van der Waals surface area contributed by atoms with E-state index in [2.05, 4.69) is 199 Å². The number of rotatable bonds is 10. The Bertz CT molecular complexity index is 3220. The van der Waals surface area contributed by atoms with Gasteiger partial charge in [0, 0.05) is 39.9 Å². The smallest absolute Gasteiger partial charge is 0.148 e. The van der Waals surface area contributed by atoms with Gasteiger partial charge in [0.25, 0.3) is 0 Å².